The van der Waals surface area contributed by atoms with Crippen LogP contribution in [-0.4, -0.2) is 40.1 Å². The van der Waals surface area contributed by atoms with Crippen LogP contribution in [0.3, 0.4) is 0 Å². The summed E-state index contributed by atoms with van der Waals surface area (Å²) in [4.78, 5) is 17.1. The summed E-state index contributed by atoms with van der Waals surface area (Å²) in [7, 11) is 6.37. The molecule has 0 saturated heterocycles. The van der Waals surface area contributed by atoms with Crippen LogP contribution in [0.25, 0.3) is 10.8 Å². The van der Waals surface area contributed by atoms with E-state index in [0.29, 0.717) is 58.9 Å². The Morgan fingerprint density at radius 1 is 0.833 bits per heavy atom. The third kappa shape index (κ3) is 4.96. The number of carbonyl (C=O) groups excluding carboxylic acids is 1. The summed E-state index contributed by atoms with van der Waals surface area (Å²) >= 11 is 0. The van der Waals surface area contributed by atoms with Crippen molar-refractivity contribution in [1.82, 2.24) is 0 Å². The predicted octanol–water partition coefficient (Wildman–Crippen LogP) is 5.11. The molecule has 7 heteroatoms. The molecule has 0 amide bonds. The summed E-state index contributed by atoms with van der Waals surface area (Å²) in [6, 6.07) is 5.48. The van der Waals surface area contributed by atoms with E-state index in [4.69, 9.17) is 23.8 Å². The number of fused-ring (bicyclic) bond motifs is 1. The Balaban J connectivity index is 2.79. The van der Waals surface area contributed by atoms with E-state index in [1.165, 1.54) is 0 Å². The lowest BCUT2D eigenvalue weighted by Crippen LogP contribution is -2.09. The maximum atomic E-state index is 11.9. The van der Waals surface area contributed by atoms with E-state index in [9.17, 15) is 4.79 Å². The summed E-state index contributed by atoms with van der Waals surface area (Å²) in [5, 5.41) is 5.64. The van der Waals surface area contributed by atoms with Crippen molar-refractivity contribution >= 4 is 22.5 Å². The standard InChI is InChI=1S/C23H31NO6/c1-7-9-11-16(24-30-20(25)10-8-2)15-14-19(28-5)21-17(26-3)12-13-18(27-4)22(21)23(15)29-6/h12-14H,7-11H2,1-6H3. The molecule has 164 valence electrons. The Labute approximate surface area is 177 Å². The smallest absolute Gasteiger partial charge is 0.335 e. The van der Waals surface area contributed by atoms with Gasteiger partial charge in [0.2, 0.25) is 0 Å². The fourth-order valence-corrected chi connectivity index (χ4v) is 3.30. The van der Waals surface area contributed by atoms with E-state index >= 15 is 0 Å². The van der Waals surface area contributed by atoms with Gasteiger partial charge >= 0.3 is 5.97 Å². The molecule has 0 aromatic heterocycles. The Bertz CT molecular complexity index is 906. The average molecular weight is 418 g/mol. The highest BCUT2D eigenvalue weighted by Crippen LogP contribution is 2.46. The van der Waals surface area contributed by atoms with Gasteiger partial charge in [-0.1, -0.05) is 25.4 Å². The fraction of sp³-hybridized carbons (Fsp3) is 0.478. The van der Waals surface area contributed by atoms with Crippen molar-refractivity contribution in [1.29, 1.82) is 0 Å². The maximum Gasteiger partial charge on any atom is 0.335 e. The van der Waals surface area contributed by atoms with Gasteiger partial charge in [0.05, 0.1) is 44.9 Å². The zero-order valence-electron chi connectivity index (χ0n) is 18.7. The number of methoxy groups -OCH3 is 4. The van der Waals surface area contributed by atoms with E-state index in [-0.39, 0.29) is 5.97 Å². The highest BCUT2D eigenvalue weighted by Gasteiger charge is 2.23. The summed E-state index contributed by atoms with van der Waals surface area (Å²) in [6.45, 7) is 4.01. The highest BCUT2D eigenvalue weighted by atomic mass is 16.7. The molecule has 0 spiro atoms. The van der Waals surface area contributed by atoms with E-state index < -0.39 is 0 Å². The van der Waals surface area contributed by atoms with Gasteiger partial charge in [-0.3, -0.25) is 0 Å². The first-order valence-corrected chi connectivity index (χ1v) is 10.1. The average Bonchev–Trinajstić information content (AvgIpc) is 2.77. The molecule has 0 unspecified atom stereocenters. The third-order valence-corrected chi connectivity index (χ3v) is 4.78. The lowest BCUT2D eigenvalue weighted by molar-refractivity contribution is -0.143. The molecule has 0 bridgehead atoms. The second-order valence-electron chi connectivity index (χ2n) is 6.73. The predicted molar refractivity (Wildman–Crippen MR) is 117 cm³/mol. The first-order chi connectivity index (χ1) is 14.6. The van der Waals surface area contributed by atoms with Gasteiger partial charge in [0.1, 0.15) is 23.0 Å². The van der Waals surface area contributed by atoms with Gasteiger partial charge in [0.25, 0.3) is 0 Å². The van der Waals surface area contributed by atoms with Gasteiger partial charge in [-0.05, 0) is 37.5 Å². The van der Waals surface area contributed by atoms with Crippen LogP contribution in [0.15, 0.2) is 23.4 Å². The summed E-state index contributed by atoms with van der Waals surface area (Å²) in [5.74, 6) is 2.02. The minimum atomic E-state index is -0.363. The molecule has 0 N–H and O–H groups in total. The van der Waals surface area contributed by atoms with Crippen LogP contribution >= 0.6 is 0 Å². The monoisotopic (exact) mass is 417 g/mol. The van der Waals surface area contributed by atoms with Gasteiger partial charge in [-0.15, -0.1) is 0 Å². The maximum absolute atomic E-state index is 11.9. The van der Waals surface area contributed by atoms with E-state index in [2.05, 4.69) is 12.1 Å². The van der Waals surface area contributed by atoms with Crippen molar-refractivity contribution in [2.24, 2.45) is 5.16 Å². The van der Waals surface area contributed by atoms with Crippen LogP contribution in [0.2, 0.25) is 0 Å². The Morgan fingerprint density at radius 3 is 2.00 bits per heavy atom. The number of unbranched alkanes of at least 4 members (excludes halogenated alkanes) is 1. The quantitative estimate of drug-likeness (QED) is 0.287. The molecule has 30 heavy (non-hydrogen) atoms. The summed E-state index contributed by atoms with van der Waals surface area (Å²) in [6.07, 6.45) is 3.47. The van der Waals surface area contributed by atoms with Crippen molar-refractivity contribution in [3.63, 3.8) is 0 Å². The zero-order chi connectivity index (χ0) is 22.1. The minimum absolute atomic E-state index is 0.313. The molecule has 0 aliphatic heterocycles. The molecule has 0 radical (unpaired) electrons. The Hall–Kier alpha value is -2.96. The van der Waals surface area contributed by atoms with E-state index in [1.54, 1.807) is 28.4 Å². The van der Waals surface area contributed by atoms with Gasteiger partial charge in [0, 0.05) is 12.0 Å². The third-order valence-electron chi connectivity index (χ3n) is 4.78. The van der Waals surface area contributed by atoms with Crippen LogP contribution in [0.5, 0.6) is 23.0 Å². The largest absolute Gasteiger partial charge is 0.496 e. The molecule has 0 fully saturated rings. The van der Waals surface area contributed by atoms with Gasteiger partial charge in [-0.2, -0.15) is 0 Å². The Morgan fingerprint density at radius 2 is 1.47 bits per heavy atom. The number of carbonyl (C=O) groups is 1. The fourth-order valence-electron chi connectivity index (χ4n) is 3.30. The number of hydrogen-bond acceptors (Lipinski definition) is 7. The van der Waals surface area contributed by atoms with Crippen LogP contribution in [0.4, 0.5) is 0 Å². The normalized spacial score (nSPS) is 11.3. The number of rotatable bonds is 11. The summed E-state index contributed by atoms with van der Waals surface area (Å²) in [5.41, 5.74) is 1.30. The van der Waals surface area contributed by atoms with Gasteiger partial charge in [-0.25, -0.2) is 4.79 Å². The SMILES string of the molecule is CCCCC(=NOC(=O)CCC)c1cc(OC)c2c(OC)ccc(OC)c2c1OC. The molecule has 2 aromatic carbocycles. The zero-order valence-corrected chi connectivity index (χ0v) is 18.7. The second-order valence-corrected chi connectivity index (χ2v) is 6.73. The van der Waals surface area contributed by atoms with E-state index in [0.717, 1.165) is 18.2 Å². The number of benzene rings is 2. The van der Waals surface area contributed by atoms with Crippen molar-refractivity contribution in [3.05, 3.63) is 23.8 Å². The number of hydrogen-bond donors (Lipinski definition) is 0. The van der Waals surface area contributed by atoms with Crippen LogP contribution < -0.4 is 18.9 Å². The molecule has 0 aliphatic carbocycles. The first-order valence-electron chi connectivity index (χ1n) is 10.1. The molecule has 0 saturated carbocycles. The molecule has 2 aromatic rings. The number of nitrogens with zero attached hydrogens (tertiary/aromatic N) is 1. The molecular weight excluding hydrogens is 386 g/mol. The molecule has 0 atom stereocenters. The first kappa shape index (κ1) is 23.3. The number of oxime groups is 1. The highest BCUT2D eigenvalue weighted by molar-refractivity contribution is 6.12. The van der Waals surface area contributed by atoms with E-state index in [1.807, 2.05) is 25.1 Å². The van der Waals surface area contributed by atoms with Gasteiger partial charge < -0.3 is 23.8 Å². The molecular formula is C23H31NO6. The number of ether oxygens (including phenoxy) is 4. The van der Waals surface area contributed by atoms with Crippen molar-refractivity contribution in [2.75, 3.05) is 28.4 Å². The van der Waals surface area contributed by atoms with Crippen LogP contribution in [0.1, 0.15) is 51.5 Å². The lowest BCUT2D eigenvalue weighted by atomic mass is 9.97. The van der Waals surface area contributed by atoms with Gasteiger partial charge in [0.15, 0.2) is 0 Å². The molecule has 7 nitrogen and oxygen atoms in total. The van der Waals surface area contributed by atoms with Crippen molar-refractivity contribution in [2.45, 2.75) is 46.0 Å². The molecule has 0 heterocycles. The minimum Gasteiger partial charge on any atom is -0.496 e. The molecule has 0 aliphatic rings. The van der Waals surface area contributed by atoms with Crippen molar-refractivity contribution in [3.8, 4) is 23.0 Å². The summed E-state index contributed by atoms with van der Waals surface area (Å²) < 4.78 is 22.6. The molecule has 2 rings (SSSR count). The lowest BCUT2D eigenvalue weighted by Gasteiger charge is -2.19. The van der Waals surface area contributed by atoms with Crippen molar-refractivity contribution < 1.29 is 28.6 Å². The van der Waals surface area contributed by atoms with Crippen LogP contribution in [0, 0.1) is 0 Å². The van der Waals surface area contributed by atoms with Crippen LogP contribution in [-0.2, 0) is 9.63 Å². The Kier molecular flexibility index (Phi) is 8.77. The second kappa shape index (κ2) is 11.3. The topological polar surface area (TPSA) is 75.6 Å².